The van der Waals surface area contributed by atoms with Crippen LogP contribution in [0.25, 0.3) is 0 Å². The maximum Gasteiger partial charge on any atom is 0.241 e. The van der Waals surface area contributed by atoms with Crippen molar-refractivity contribution in [2.45, 2.75) is 32.5 Å². The van der Waals surface area contributed by atoms with Gasteiger partial charge in [0.05, 0.1) is 13.2 Å². The quantitative estimate of drug-likeness (QED) is 0.920. The van der Waals surface area contributed by atoms with Gasteiger partial charge in [-0.05, 0) is 23.6 Å². The summed E-state index contributed by atoms with van der Waals surface area (Å²) in [4.78, 5) is 13.9. The van der Waals surface area contributed by atoms with Gasteiger partial charge in [-0.3, -0.25) is 10.1 Å². The highest BCUT2D eigenvalue weighted by Gasteiger charge is 2.39. The molecule has 110 valence electrons. The largest absolute Gasteiger partial charge is 0.494 e. The first-order valence-corrected chi connectivity index (χ1v) is 6.85. The monoisotopic (exact) mass is 280 g/mol. The number of carbonyl (C=O) groups excluding carboxylic acids is 1. The van der Waals surface area contributed by atoms with Gasteiger partial charge in [0.1, 0.15) is 6.17 Å². The number of benzene rings is 1. The van der Waals surface area contributed by atoms with Crippen molar-refractivity contribution in [3.63, 3.8) is 0 Å². The number of carbonyl (C=O) groups is 1. The second-order valence-corrected chi connectivity index (χ2v) is 5.28. The molecule has 0 aliphatic carbocycles. The zero-order chi connectivity index (χ0) is 14.9. The van der Waals surface area contributed by atoms with Crippen molar-refractivity contribution in [2.24, 2.45) is 5.92 Å². The lowest BCUT2D eigenvalue weighted by atomic mass is 9.99. The molecule has 1 heterocycles. The van der Waals surface area contributed by atoms with Crippen LogP contribution in [0.1, 0.15) is 32.0 Å². The number of methoxy groups -OCH3 is 1. The van der Waals surface area contributed by atoms with E-state index in [-0.39, 0.29) is 29.8 Å². The summed E-state index contributed by atoms with van der Waals surface area (Å²) < 4.78 is 18.7. The molecule has 3 unspecified atom stereocenters. The Bertz CT molecular complexity index is 507. The topological polar surface area (TPSA) is 41.6 Å². The van der Waals surface area contributed by atoms with Crippen molar-refractivity contribution in [1.82, 2.24) is 10.2 Å². The average Bonchev–Trinajstić information content (AvgIpc) is 2.74. The van der Waals surface area contributed by atoms with Crippen LogP contribution in [0.3, 0.4) is 0 Å². The molecular weight excluding hydrogens is 259 g/mol. The van der Waals surface area contributed by atoms with Crippen LogP contribution in [0.5, 0.6) is 5.75 Å². The van der Waals surface area contributed by atoms with Gasteiger partial charge in [0.25, 0.3) is 0 Å². The van der Waals surface area contributed by atoms with Crippen LogP contribution in [0.4, 0.5) is 4.39 Å². The molecule has 1 aromatic rings. The Morgan fingerprint density at radius 3 is 2.75 bits per heavy atom. The molecule has 1 aliphatic rings. The highest BCUT2D eigenvalue weighted by molar-refractivity contribution is 5.84. The van der Waals surface area contributed by atoms with E-state index >= 15 is 0 Å². The second kappa shape index (κ2) is 5.79. The van der Waals surface area contributed by atoms with Gasteiger partial charge < -0.3 is 9.64 Å². The van der Waals surface area contributed by atoms with Crippen LogP contribution in [0.2, 0.25) is 0 Å². The molecule has 1 amide bonds. The number of nitrogens with zero attached hydrogens (tertiary/aromatic N) is 1. The molecule has 4 nitrogen and oxygen atoms in total. The molecule has 1 N–H and O–H groups in total. The number of ether oxygens (including phenoxy) is 1. The van der Waals surface area contributed by atoms with E-state index in [0.717, 1.165) is 12.0 Å². The minimum atomic E-state index is -0.417. The number of nitrogens with one attached hydrogen (secondary N) is 1. The molecule has 1 saturated heterocycles. The number of halogens is 1. The molecule has 0 aromatic heterocycles. The van der Waals surface area contributed by atoms with Gasteiger partial charge in [-0.2, -0.15) is 0 Å². The number of hydrogen-bond donors (Lipinski definition) is 1. The fourth-order valence-corrected chi connectivity index (χ4v) is 2.52. The highest BCUT2D eigenvalue weighted by Crippen LogP contribution is 2.29. The first-order chi connectivity index (χ1) is 9.49. The number of amides is 1. The van der Waals surface area contributed by atoms with E-state index in [1.54, 1.807) is 24.1 Å². The molecule has 20 heavy (non-hydrogen) atoms. The molecule has 1 fully saturated rings. The van der Waals surface area contributed by atoms with E-state index in [1.807, 2.05) is 6.92 Å². The summed E-state index contributed by atoms with van der Waals surface area (Å²) >= 11 is 0. The first-order valence-electron chi connectivity index (χ1n) is 6.85. The standard InChI is InChI=1S/C15H21FN2O2/c1-5-9(2)13-15(19)18(3)14(17-13)10-6-7-12(20-4)11(16)8-10/h6-9,13-14,17H,5H2,1-4H3. The summed E-state index contributed by atoms with van der Waals surface area (Å²) in [5.41, 5.74) is 0.727. The lowest BCUT2D eigenvalue weighted by Gasteiger charge is -2.20. The molecule has 0 radical (unpaired) electrons. The number of likely N-dealkylation sites (N-methyl/N-ethyl adjacent to an activating group) is 1. The third-order valence-electron chi connectivity index (χ3n) is 4.04. The third-order valence-corrected chi connectivity index (χ3v) is 4.04. The first kappa shape index (κ1) is 14.8. The van der Waals surface area contributed by atoms with Gasteiger partial charge in [0.2, 0.25) is 5.91 Å². The predicted octanol–water partition coefficient (Wildman–Crippen LogP) is 2.31. The Balaban J connectivity index is 2.25. The van der Waals surface area contributed by atoms with Crippen molar-refractivity contribution in [1.29, 1.82) is 0 Å². The lowest BCUT2D eigenvalue weighted by Crippen LogP contribution is -2.35. The van der Waals surface area contributed by atoms with Crippen molar-refractivity contribution in [3.8, 4) is 5.75 Å². The second-order valence-electron chi connectivity index (χ2n) is 5.28. The normalized spacial score (nSPS) is 24.1. The maximum absolute atomic E-state index is 13.8. The van der Waals surface area contributed by atoms with Gasteiger partial charge in [0.15, 0.2) is 11.6 Å². The molecule has 0 saturated carbocycles. The summed E-state index contributed by atoms with van der Waals surface area (Å²) in [6.07, 6.45) is 0.628. The van der Waals surface area contributed by atoms with Crippen molar-refractivity contribution in [3.05, 3.63) is 29.6 Å². The van der Waals surface area contributed by atoms with E-state index in [2.05, 4.69) is 12.2 Å². The Hall–Kier alpha value is -1.62. The Labute approximate surface area is 118 Å². The van der Waals surface area contributed by atoms with Gasteiger partial charge in [-0.25, -0.2) is 4.39 Å². The van der Waals surface area contributed by atoms with Crippen LogP contribution in [-0.4, -0.2) is 31.0 Å². The van der Waals surface area contributed by atoms with Crippen LogP contribution in [0, 0.1) is 11.7 Å². The van der Waals surface area contributed by atoms with E-state index in [1.165, 1.54) is 13.2 Å². The smallest absolute Gasteiger partial charge is 0.241 e. The minimum Gasteiger partial charge on any atom is -0.494 e. The minimum absolute atomic E-state index is 0.0561. The zero-order valence-corrected chi connectivity index (χ0v) is 12.3. The summed E-state index contributed by atoms with van der Waals surface area (Å²) in [5, 5.41) is 3.29. The van der Waals surface area contributed by atoms with Crippen molar-refractivity contribution in [2.75, 3.05) is 14.2 Å². The van der Waals surface area contributed by atoms with Crippen LogP contribution >= 0.6 is 0 Å². The highest BCUT2D eigenvalue weighted by atomic mass is 19.1. The fourth-order valence-electron chi connectivity index (χ4n) is 2.52. The van der Waals surface area contributed by atoms with Crippen molar-refractivity contribution >= 4 is 5.91 Å². The molecule has 5 heteroatoms. The third kappa shape index (κ3) is 2.50. The average molecular weight is 280 g/mol. The molecule has 0 bridgehead atoms. The fraction of sp³-hybridized carbons (Fsp3) is 0.533. The summed E-state index contributed by atoms with van der Waals surface area (Å²) in [6.45, 7) is 4.10. The molecule has 2 rings (SSSR count). The molecule has 0 spiro atoms. The SMILES string of the molecule is CCC(C)C1NC(c2ccc(OC)c(F)c2)N(C)C1=O. The van der Waals surface area contributed by atoms with Crippen molar-refractivity contribution < 1.29 is 13.9 Å². The summed E-state index contributed by atoms with van der Waals surface area (Å²) in [5.74, 6) is 0.0949. The van der Waals surface area contributed by atoms with E-state index in [9.17, 15) is 9.18 Å². The van der Waals surface area contributed by atoms with Gasteiger partial charge in [-0.15, -0.1) is 0 Å². The lowest BCUT2D eigenvalue weighted by molar-refractivity contribution is -0.129. The Kier molecular flexibility index (Phi) is 4.28. The maximum atomic E-state index is 13.8. The van der Waals surface area contributed by atoms with Crippen LogP contribution in [-0.2, 0) is 4.79 Å². The van der Waals surface area contributed by atoms with E-state index in [4.69, 9.17) is 4.74 Å². The summed E-state index contributed by atoms with van der Waals surface area (Å²) in [6, 6.07) is 4.57. The number of rotatable bonds is 4. The van der Waals surface area contributed by atoms with Crippen LogP contribution in [0.15, 0.2) is 18.2 Å². The van der Waals surface area contributed by atoms with E-state index in [0.29, 0.717) is 0 Å². The van der Waals surface area contributed by atoms with Gasteiger partial charge in [0, 0.05) is 7.05 Å². The summed E-state index contributed by atoms with van der Waals surface area (Å²) in [7, 11) is 3.17. The van der Waals surface area contributed by atoms with E-state index < -0.39 is 5.82 Å². The molecule has 1 aliphatic heterocycles. The zero-order valence-electron chi connectivity index (χ0n) is 12.3. The Morgan fingerprint density at radius 1 is 1.50 bits per heavy atom. The predicted molar refractivity (Wildman–Crippen MR) is 74.8 cm³/mol. The Morgan fingerprint density at radius 2 is 2.20 bits per heavy atom. The molecule has 1 aromatic carbocycles. The number of hydrogen-bond acceptors (Lipinski definition) is 3. The van der Waals surface area contributed by atoms with Gasteiger partial charge in [-0.1, -0.05) is 26.3 Å². The van der Waals surface area contributed by atoms with Gasteiger partial charge >= 0.3 is 0 Å². The van der Waals surface area contributed by atoms with Crippen LogP contribution < -0.4 is 10.1 Å². The molecule has 3 atom stereocenters. The molecular formula is C15H21FN2O2.